The van der Waals surface area contributed by atoms with Gasteiger partial charge in [-0.05, 0) is 81.2 Å². The zero-order chi connectivity index (χ0) is 26.2. The highest BCUT2D eigenvalue weighted by molar-refractivity contribution is 7.89. The third-order valence-corrected chi connectivity index (χ3v) is 9.41. The zero-order valence-electron chi connectivity index (χ0n) is 21.9. The van der Waals surface area contributed by atoms with Crippen molar-refractivity contribution < 1.29 is 13.2 Å². The van der Waals surface area contributed by atoms with Crippen LogP contribution in [0.15, 0.2) is 65.7 Å². The van der Waals surface area contributed by atoms with E-state index in [4.69, 9.17) is 0 Å². The van der Waals surface area contributed by atoms with E-state index in [2.05, 4.69) is 47.1 Å². The number of amides is 1. The molecule has 196 valence electrons. The van der Waals surface area contributed by atoms with Gasteiger partial charge in [-0.1, -0.05) is 35.9 Å². The van der Waals surface area contributed by atoms with Crippen molar-refractivity contribution in [3.8, 4) is 0 Å². The molecule has 2 heterocycles. The predicted octanol–water partition coefficient (Wildman–Crippen LogP) is 3.67. The van der Waals surface area contributed by atoms with E-state index in [-0.39, 0.29) is 23.3 Å². The molecule has 0 bridgehead atoms. The molecule has 1 amide bonds. The summed E-state index contributed by atoms with van der Waals surface area (Å²) in [4.78, 5) is 15.7. The van der Waals surface area contributed by atoms with Crippen LogP contribution < -0.4 is 5.32 Å². The largest absolute Gasteiger partial charge is 0.353 e. The Hall–Kier alpha value is -2.94. The molecule has 5 rings (SSSR count). The molecular formula is C29H36N4O3S. The molecule has 2 aromatic carbocycles. The van der Waals surface area contributed by atoms with Crippen LogP contribution in [-0.2, 0) is 40.7 Å². The number of aromatic nitrogens is 1. The lowest BCUT2D eigenvalue weighted by molar-refractivity contribution is -0.123. The van der Waals surface area contributed by atoms with Crippen LogP contribution in [0.3, 0.4) is 0 Å². The van der Waals surface area contributed by atoms with Gasteiger partial charge < -0.3 is 14.8 Å². The molecule has 7 nitrogen and oxygen atoms in total. The Morgan fingerprint density at radius 3 is 2.59 bits per heavy atom. The maximum atomic E-state index is 13.6. The normalized spacial score (nSPS) is 19.9. The van der Waals surface area contributed by atoms with Gasteiger partial charge in [0, 0.05) is 44.0 Å². The van der Waals surface area contributed by atoms with E-state index in [1.54, 1.807) is 12.1 Å². The van der Waals surface area contributed by atoms with Crippen molar-refractivity contribution in [2.75, 3.05) is 20.6 Å². The van der Waals surface area contributed by atoms with Crippen LogP contribution in [0, 0.1) is 6.92 Å². The van der Waals surface area contributed by atoms with E-state index in [0.717, 1.165) is 37.1 Å². The summed E-state index contributed by atoms with van der Waals surface area (Å²) in [5.74, 6) is -0.110. The maximum Gasteiger partial charge on any atom is 0.243 e. The molecule has 1 aromatic heterocycles. The first-order valence-corrected chi connectivity index (χ1v) is 14.4. The van der Waals surface area contributed by atoms with Crippen molar-refractivity contribution in [2.24, 2.45) is 0 Å². The second-order valence-corrected chi connectivity index (χ2v) is 12.5. The summed E-state index contributed by atoms with van der Waals surface area (Å²) < 4.78 is 30.8. The maximum absolute atomic E-state index is 13.6. The fourth-order valence-corrected chi connectivity index (χ4v) is 7.23. The van der Waals surface area contributed by atoms with Gasteiger partial charge in [-0.15, -0.1) is 0 Å². The van der Waals surface area contributed by atoms with Crippen LogP contribution in [0.5, 0.6) is 0 Å². The standard InChI is InChI=1S/C29H36N4O3S/c1-21-6-12-26(13-7-21)37(35,36)33-16-15-32-14-4-5-27(32)28(33)19-29(34)30-25-11-10-23-17-22(20-31(2)3)8-9-24(23)18-25/h4-9,12-14,17,25,28H,10-11,15-16,18-20H2,1-3H3,(H,30,34). The first-order valence-electron chi connectivity index (χ1n) is 13.0. The molecule has 2 atom stereocenters. The Morgan fingerprint density at radius 2 is 1.84 bits per heavy atom. The molecule has 1 N–H and O–H groups in total. The molecule has 0 saturated carbocycles. The zero-order valence-corrected chi connectivity index (χ0v) is 22.7. The van der Waals surface area contributed by atoms with Gasteiger partial charge >= 0.3 is 0 Å². The number of carbonyl (C=O) groups is 1. The van der Waals surface area contributed by atoms with Gasteiger partial charge in [0.1, 0.15) is 0 Å². The average Bonchev–Trinajstić information content (AvgIpc) is 3.33. The van der Waals surface area contributed by atoms with Gasteiger partial charge in [-0.2, -0.15) is 4.31 Å². The summed E-state index contributed by atoms with van der Waals surface area (Å²) in [5.41, 5.74) is 5.82. The third-order valence-electron chi connectivity index (χ3n) is 7.48. The lowest BCUT2D eigenvalue weighted by Gasteiger charge is -2.36. The SMILES string of the molecule is Cc1ccc(S(=O)(=O)N2CCn3cccc3C2CC(=O)NC2CCc3cc(CN(C)C)ccc3C2)cc1. The van der Waals surface area contributed by atoms with Crippen LogP contribution in [0.2, 0.25) is 0 Å². The molecule has 2 aliphatic rings. The molecule has 0 radical (unpaired) electrons. The van der Waals surface area contributed by atoms with Gasteiger partial charge in [-0.3, -0.25) is 4.79 Å². The van der Waals surface area contributed by atoms with Gasteiger partial charge in [0.15, 0.2) is 0 Å². The van der Waals surface area contributed by atoms with Gasteiger partial charge in [0.05, 0.1) is 10.9 Å². The summed E-state index contributed by atoms with van der Waals surface area (Å²) in [6, 6.07) is 16.9. The Morgan fingerprint density at radius 1 is 1.05 bits per heavy atom. The van der Waals surface area contributed by atoms with E-state index in [1.165, 1.54) is 21.0 Å². The van der Waals surface area contributed by atoms with E-state index in [1.807, 2.05) is 37.4 Å². The van der Waals surface area contributed by atoms with Crippen molar-refractivity contribution in [2.45, 2.75) is 62.7 Å². The lowest BCUT2D eigenvalue weighted by atomic mass is 9.87. The van der Waals surface area contributed by atoms with Crippen molar-refractivity contribution in [3.05, 3.63) is 88.7 Å². The van der Waals surface area contributed by atoms with Gasteiger partial charge in [-0.25, -0.2) is 8.42 Å². The van der Waals surface area contributed by atoms with Crippen molar-refractivity contribution in [1.29, 1.82) is 0 Å². The minimum atomic E-state index is -3.74. The summed E-state index contributed by atoms with van der Waals surface area (Å²) in [7, 11) is 0.398. The number of nitrogens with one attached hydrogen (secondary N) is 1. The second-order valence-electron chi connectivity index (χ2n) is 10.6. The highest BCUT2D eigenvalue weighted by atomic mass is 32.2. The van der Waals surface area contributed by atoms with E-state index < -0.39 is 16.1 Å². The molecule has 0 spiro atoms. The van der Waals surface area contributed by atoms with E-state index in [9.17, 15) is 13.2 Å². The Labute approximate surface area is 220 Å². The number of aryl methyl sites for hydroxylation is 2. The smallest absolute Gasteiger partial charge is 0.243 e. The number of carbonyl (C=O) groups excluding carboxylic acids is 1. The van der Waals surface area contributed by atoms with Gasteiger partial charge in [0.2, 0.25) is 15.9 Å². The Kier molecular flexibility index (Phi) is 7.25. The molecule has 1 aliphatic heterocycles. The number of sulfonamides is 1. The fraction of sp³-hybridized carbons (Fsp3) is 0.414. The Bertz CT molecular complexity index is 1380. The van der Waals surface area contributed by atoms with Crippen LogP contribution >= 0.6 is 0 Å². The highest BCUT2D eigenvalue weighted by Gasteiger charge is 2.38. The molecular weight excluding hydrogens is 484 g/mol. The quantitative estimate of drug-likeness (QED) is 0.516. The van der Waals surface area contributed by atoms with Crippen LogP contribution in [0.25, 0.3) is 0 Å². The topological polar surface area (TPSA) is 74.6 Å². The second kappa shape index (κ2) is 10.4. The van der Waals surface area contributed by atoms with Crippen molar-refractivity contribution in [3.63, 3.8) is 0 Å². The number of nitrogens with zero attached hydrogens (tertiary/aromatic N) is 3. The van der Waals surface area contributed by atoms with Gasteiger partial charge in [0.25, 0.3) is 0 Å². The monoisotopic (exact) mass is 520 g/mol. The number of hydrogen-bond donors (Lipinski definition) is 1. The minimum absolute atomic E-state index is 0.0530. The number of fused-ring (bicyclic) bond motifs is 2. The number of rotatable bonds is 7. The van der Waals surface area contributed by atoms with E-state index >= 15 is 0 Å². The molecule has 3 aromatic rings. The van der Waals surface area contributed by atoms with Crippen molar-refractivity contribution >= 4 is 15.9 Å². The Balaban J connectivity index is 1.31. The van der Waals surface area contributed by atoms with Crippen molar-refractivity contribution in [1.82, 2.24) is 19.1 Å². The summed E-state index contributed by atoms with van der Waals surface area (Å²) in [6.45, 7) is 3.75. The summed E-state index contributed by atoms with van der Waals surface area (Å²) in [6.07, 6.45) is 4.67. The highest BCUT2D eigenvalue weighted by Crippen LogP contribution is 2.34. The molecule has 8 heteroatoms. The molecule has 0 saturated heterocycles. The van der Waals surface area contributed by atoms with E-state index in [0.29, 0.717) is 13.1 Å². The molecule has 1 aliphatic carbocycles. The van der Waals surface area contributed by atoms with Crippen LogP contribution in [0.1, 0.15) is 46.8 Å². The lowest BCUT2D eigenvalue weighted by Crippen LogP contribution is -2.45. The van der Waals surface area contributed by atoms with Crippen LogP contribution in [-0.4, -0.2) is 54.8 Å². The van der Waals surface area contributed by atoms with Crippen LogP contribution in [0.4, 0.5) is 0 Å². The molecule has 0 fully saturated rings. The number of hydrogen-bond acceptors (Lipinski definition) is 4. The summed E-state index contributed by atoms with van der Waals surface area (Å²) in [5, 5.41) is 3.22. The first kappa shape index (κ1) is 25.7. The molecule has 2 unspecified atom stereocenters. The number of benzene rings is 2. The fourth-order valence-electron chi connectivity index (χ4n) is 5.64. The third kappa shape index (κ3) is 5.51. The summed E-state index contributed by atoms with van der Waals surface area (Å²) >= 11 is 0. The predicted molar refractivity (Wildman–Crippen MR) is 145 cm³/mol. The molecule has 37 heavy (non-hydrogen) atoms. The average molecular weight is 521 g/mol. The minimum Gasteiger partial charge on any atom is -0.353 e. The first-order chi connectivity index (χ1) is 17.7.